The van der Waals surface area contributed by atoms with Crippen LogP contribution in [-0.4, -0.2) is 10.9 Å². The highest BCUT2D eigenvalue weighted by atomic mass is 35.5. The molecule has 0 aliphatic heterocycles. The van der Waals surface area contributed by atoms with E-state index < -0.39 is 0 Å². The van der Waals surface area contributed by atoms with E-state index in [1.807, 2.05) is 29.6 Å². The van der Waals surface area contributed by atoms with Gasteiger partial charge < -0.3 is 10.3 Å². The maximum atomic E-state index is 12.4. The van der Waals surface area contributed by atoms with Crippen LogP contribution >= 0.6 is 22.9 Å². The second-order valence-electron chi connectivity index (χ2n) is 4.92. The molecule has 2 heterocycles. The summed E-state index contributed by atoms with van der Waals surface area (Å²) >= 11 is 7.50. The molecular formula is C17H13ClN2O2S. The zero-order valence-electron chi connectivity index (χ0n) is 12.0. The molecule has 0 unspecified atom stereocenters. The van der Waals surface area contributed by atoms with Gasteiger partial charge in [0.2, 0.25) is 5.56 Å². The van der Waals surface area contributed by atoms with E-state index in [0.717, 1.165) is 10.4 Å². The van der Waals surface area contributed by atoms with Crippen LogP contribution in [0.25, 0.3) is 0 Å². The molecule has 23 heavy (non-hydrogen) atoms. The number of rotatable bonds is 4. The van der Waals surface area contributed by atoms with Crippen LogP contribution in [0.4, 0.5) is 0 Å². The number of carbonyl (C=O) groups is 1. The van der Waals surface area contributed by atoms with E-state index >= 15 is 0 Å². The molecule has 1 aromatic carbocycles. The monoisotopic (exact) mass is 344 g/mol. The number of H-pyrrole nitrogens is 1. The molecule has 3 aromatic rings. The Morgan fingerprint density at radius 2 is 1.91 bits per heavy atom. The lowest BCUT2D eigenvalue weighted by atomic mass is 10.0. The minimum Gasteiger partial charge on any atom is -0.340 e. The maximum Gasteiger partial charge on any atom is 0.253 e. The van der Waals surface area contributed by atoms with Crippen LogP contribution in [0.2, 0.25) is 5.02 Å². The van der Waals surface area contributed by atoms with Crippen molar-refractivity contribution in [2.24, 2.45) is 0 Å². The fourth-order valence-electron chi connectivity index (χ4n) is 2.20. The predicted octanol–water partition coefficient (Wildman–Crippen LogP) is 3.61. The van der Waals surface area contributed by atoms with Gasteiger partial charge in [0.15, 0.2) is 0 Å². The number of aromatic amines is 1. The molecule has 0 radical (unpaired) electrons. The molecule has 4 nitrogen and oxygen atoms in total. The molecule has 0 aliphatic rings. The third-order valence-electron chi connectivity index (χ3n) is 3.35. The Morgan fingerprint density at radius 3 is 2.52 bits per heavy atom. The number of halogens is 1. The Morgan fingerprint density at radius 1 is 1.13 bits per heavy atom. The predicted molar refractivity (Wildman–Crippen MR) is 92.1 cm³/mol. The van der Waals surface area contributed by atoms with Gasteiger partial charge in [0, 0.05) is 22.2 Å². The highest BCUT2D eigenvalue weighted by molar-refractivity contribution is 7.10. The van der Waals surface area contributed by atoms with Crippen molar-refractivity contribution in [1.82, 2.24) is 10.3 Å². The van der Waals surface area contributed by atoms with E-state index in [-0.39, 0.29) is 17.5 Å². The normalized spacial score (nSPS) is 11.9. The molecule has 6 heteroatoms. The second-order valence-corrected chi connectivity index (χ2v) is 6.33. The number of hydrogen-bond donors (Lipinski definition) is 2. The summed E-state index contributed by atoms with van der Waals surface area (Å²) in [6.45, 7) is 0. The molecule has 1 amide bonds. The first-order chi connectivity index (χ1) is 11.1. The maximum absolute atomic E-state index is 12.4. The fourth-order valence-corrected chi connectivity index (χ4v) is 3.12. The zero-order valence-corrected chi connectivity index (χ0v) is 13.5. The molecule has 0 saturated carbocycles. The van der Waals surface area contributed by atoms with Crippen LogP contribution in [0.5, 0.6) is 0 Å². The number of pyridine rings is 1. The molecule has 116 valence electrons. The minimum atomic E-state index is -0.272. The highest BCUT2D eigenvalue weighted by Crippen LogP contribution is 2.27. The van der Waals surface area contributed by atoms with E-state index in [1.54, 1.807) is 23.5 Å². The van der Waals surface area contributed by atoms with Crippen molar-refractivity contribution >= 4 is 28.8 Å². The van der Waals surface area contributed by atoms with Crippen LogP contribution in [0.15, 0.2) is 64.9 Å². The summed E-state index contributed by atoms with van der Waals surface area (Å²) < 4.78 is 0. The van der Waals surface area contributed by atoms with Gasteiger partial charge in [0.1, 0.15) is 0 Å². The second kappa shape index (κ2) is 6.81. The van der Waals surface area contributed by atoms with E-state index in [4.69, 9.17) is 11.6 Å². The van der Waals surface area contributed by atoms with Gasteiger partial charge in [-0.2, -0.15) is 0 Å². The summed E-state index contributed by atoms with van der Waals surface area (Å²) in [5, 5.41) is 5.60. The lowest BCUT2D eigenvalue weighted by molar-refractivity contribution is 0.0943. The average molecular weight is 345 g/mol. The first kappa shape index (κ1) is 15.5. The molecular weight excluding hydrogens is 332 g/mol. The molecule has 0 bridgehead atoms. The molecule has 3 rings (SSSR count). The first-order valence-electron chi connectivity index (χ1n) is 6.92. The quantitative estimate of drug-likeness (QED) is 0.759. The fraction of sp³-hybridized carbons (Fsp3) is 0.0588. The smallest absolute Gasteiger partial charge is 0.253 e. The average Bonchev–Trinajstić information content (AvgIpc) is 3.08. The van der Waals surface area contributed by atoms with Crippen LogP contribution in [0, 0.1) is 0 Å². The van der Waals surface area contributed by atoms with Gasteiger partial charge in [0.05, 0.1) is 11.6 Å². The SMILES string of the molecule is O=C(N[C@@H](c1ccc(Cl)cc1)c1cccs1)c1ccc(=O)[nH]c1. The largest absolute Gasteiger partial charge is 0.340 e. The van der Waals surface area contributed by atoms with Gasteiger partial charge in [-0.1, -0.05) is 29.8 Å². The lowest BCUT2D eigenvalue weighted by Crippen LogP contribution is -2.29. The van der Waals surface area contributed by atoms with Crippen LogP contribution in [0.3, 0.4) is 0 Å². The van der Waals surface area contributed by atoms with Crippen molar-refractivity contribution in [3.8, 4) is 0 Å². The standard InChI is InChI=1S/C17H13ClN2O2S/c18-13-6-3-11(4-7-13)16(14-2-1-9-23-14)20-17(22)12-5-8-15(21)19-10-12/h1-10,16H,(H,19,21)(H,20,22)/t16-/m0/s1. The topological polar surface area (TPSA) is 62.0 Å². The molecule has 1 atom stereocenters. The summed E-state index contributed by atoms with van der Waals surface area (Å²) in [7, 11) is 0. The van der Waals surface area contributed by atoms with Gasteiger partial charge in [-0.15, -0.1) is 11.3 Å². The number of hydrogen-bond acceptors (Lipinski definition) is 3. The summed E-state index contributed by atoms with van der Waals surface area (Å²) in [5.41, 5.74) is 1.10. The number of benzene rings is 1. The summed E-state index contributed by atoms with van der Waals surface area (Å²) in [6.07, 6.45) is 1.41. The summed E-state index contributed by atoms with van der Waals surface area (Å²) in [6, 6.07) is 13.8. The Labute approximate surface area is 141 Å². The van der Waals surface area contributed by atoms with Crippen molar-refractivity contribution in [2.75, 3.05) is 0 Å². The van der Waals surface area contributed by atoms with Gasteiger partial charge >= 0.3 is 0 Å². The van der Waals surface area contributed by atoms with Crippen molar-refractivity contribution in [3.05, 3.63) is 91.5 Å². The molecule has 2 aromatic heterocycles. The Kier molecular flexibility index (Phi) is 4.60. The van der Waals surface area contributed by atoms with Gasteiger partial charge in [-0.05, 0) is 35.2 Å². The van der Waals surface area contributed by atoms with Gasteiger partial charge in [0.25, 0.3) is 5.91 Å². The zero-order chi connectivity index (χ0) is 16.2. The highest BCUT2D eigenvalue weighted by Gasteiger charge is 2.18. The van der Waals surface area contributed by atoms with Crippen molar-refractivity contribution in [2.45, 2.75) is 6.04 Å². The molecule has 2 N–H and O–H groups in total. The molecule has 0 spiro atoms. The van der Waals surface area contributed by atoms with Crippen LogP contribution < -0.4 is 10.9 Å². The number of aromatic nitrogens is 1. The Bertz CT molecular complexity index is 837. The summed E-state index contributed by atoms with van der Waals surface area (Å²) in [4.78, 5) is 27.1. The number of amides is 1. The third kappa shape index (κ3) is 3.70. The molecule has 0 fully saturated rings. The number of carbonyl (C=O) groups excluding carboxylic acids is 1. The van der Waals surface area contributed by atoms with Crippen molar-refractivity contribution in [1.29, 1.82) is 0 Å². The molecule has 0 saturated heterocycles. The van der Waals surface area contributed by atoms with E-state index in [1.165, 1.54) is 18.3 Å². The van der Waals surface area contributed by atoms with Crippen LogP contribution in [0.1, 0.15) is 26.8 Å². The number of thiophene rings is 1. The van der Waals surface area contributed by atoms with Gasteiger partial charge in [-0.25, -0.2) is 0 Å². The first-order valence-corrected chi connectivity index (χ1v) is 8.18. The van der Waals surface area contributed by atoms with E-state index in [2.05, 4.69) is 10.3 Å². The minimum absolute atomic E-state index is 0.242. The lowest BCUT2D eigenvalue weighted by Gasteiger charge is -2.18. The van der Waals surface area contributed by atoms with Crippen molar-refractivity contribution in [3.63, 3.8) is 0 Å². The van der Waals surface area contributed by atoms with E-state index in [0.29, 0.717) is 10.6 Å². The summed E-state index contributed by atoms with van der Waals surface area (Å²) in [5.74, 6) is -0.255. The van der Waals surface area contributed by atoms with Gasteiger partial charge in [-0.3, -0.25) is 9.59 Å². The Balaban J connectivity index is 1.90. The number of nitrogens with one attached hydrogen (secondary N) is 2. The van der Waals surface area contributed by atoms with E-state index in [9.17, 15) is 9.59 Å². The van der Waals surface area contributed by atoms with Crippen molar-refractivity contribution < 1.29 is 4.79 Å². The third-order valence-corrected chi connectivity index (χ3v) is 4.54. The Hall–Kier alpha value is -2.37. The molecule has 0 aliphatic carbocycles. The van der Waals surface area contributed by atoms with Crippen LogP contribution in [-0.2, 0) is 0 Å².